The van der Waals surface area contributed by atoms with Crippen molar-refractivity contribution in [2.24, 2.45) is 5.16 Å². The molecule has 0 saturated carbocycles. The number of anilines is 2. The highest BCUT2D eigenvalue weighted by atomic mass is 79.9. The van der Waals surface area contributed by atoms with E-state index in [1.165, 1.54) is 29.0 Å². The van der Waals surface area contributed by atoms with E-state index >= 15 is 0 Å². The smallest absolute Gasteiger partial charge is 0.363 e. The first-order valence-electron chi connectivity index (χ1n) is 8.00. The fourth-order valence-electron chi connectivity index (χ4n) is 2.32. The van der Waals surface area contributed by atoms with Crippen LogP contribution in [0, 0.1) is 5.82 Å². The van der Waals surface area contributed by atoms with Crippen LogP contribution in [0.2, 0.25) is 0 Å². The van der Waals surface area contributed by atoms with Gasteiger partial charge in [-0.3, -0.25) is 0 Å². The molecule has 1 aromatic carbocycles. The fraction of sp³-hybridized carbons (Fsp3) is 0.125. The quantitative estimate of drug-likeness (QED) is 0.276. The highest BCUT2D eigenvalue weighted by molar-refractivity contribution is 9.10. The van der Waals surface area contributed by atoms with Crippen molar-refractivity contribution in [2.45, 2.75) is 0 Å². The summed E-state index contributed by atoms with van der Waals surface area (Å²) in [5.41, 5.74) is -0.265. The normalized spacial score (nSPS) is 12.5. The van der Waals surface area contributed by atoms with Crippen LogP contribution in [-0.4, -0.2) is 52.2 Å². The zero-order chi connectivity index (χ0) is 21.7. The van der Waals surface area contributed by atoms with Crippen LogP contribution in [-0.2, 0) is 19.2 Å². The molecule has 0 fully saturated rings. The van der Waals surface area contributed by atoms with Crippen molar-refractivity contribution in [3.8, 4) is 0 Å². The van der Waals surface area contributed by atoms with E-state index in [-0.39, 0.29) is 40.8 Å². The van der Waals surface area contributed by atoms with Gasteiger partial charge in [-0.1, -0.05) is 5.16 Å². The molecule has 2 aromatic rings. The summed E-state index contributed by atoms with van der Waals surface area (Å²) in [6.45, 7) is 0.131. The maximum atomic E-state index is 13.6. The largest absolute Gasteiger partial charge is 0.476 e. The summed E-state index contributed by atoms with van der Waals surface area (Å²) >= 11 is 3.06. The van der Waals surface area contributed by atoms with Crippen LogP contribution >= 0.6 is 15.9 Å². The number of hydrogen-bond acceptors (Lipinski definition) is 11. The molecule has 30 heavy (non-hydrogen) atoms. The molecule has 0 bridgehead atoms. The van der Waals surface area contributed by atoms with Gasteiger partial charge in [-0.15, -0.1) is 0 Å². The molecule has 0 unspecified atom stereocenters. The second-order valence-corrected chi connectivity index (χ2v) is 6.30. The van der Waals surface area contributed by atoms with Crippen molar-refractivity contribution >= 4 is 51.1 Å². The number of halogens is 2. The molecule has 3 rings (SSSR count). The highest BCUT2D eigenvalue weighted by Gasteiger charge is 2.34. The van der Waals surface area contributed by atoms with Crippen LogP contribution in [0.15, 0.2) is 44.0 Å². The summed E-state index contributed by atoms with van der Waals surface area (Å²) in [4.78, 5) is 38.7. The zero-order valence-electron chi connectivity index (χ0n) is 14.7. The van der Waals surface area contributed by atoms with E-state index in [9.17, 15) is 18.8 Å². The number of hydrogen-bond donors (Lipinski definition) is 3. The number of nitrogens with zero attached hydrogens (tertiary/aromatic N) is 4. The fourth-order valence-corrected chi connectivity index (χ4v) is 2.68. The number of rotatable bonds is 8. The number of nitrogens with one attached hydrogen (secondary N) is 2. The lowest BCUT2D eigenvalue weighted by Crippen LogP contribution is -2.29. The van der Waals surface area contributed by atoms with E-state index in [2.05, 4.69) is 42.0 Å². The molecule has 0 spiro atoms. The minimum absolute atomic E-state index is 0.00239. The van der Waals surface area contributed by atoms with Gasteiger partial charge in [0, 0.05) is 13.1 Å². The van der Waals surface area contributed by atoms with Gasteiger partial charge in [0.15, 0.2) is 17.6 Å². The molecule has 0 radical (unpaired) electrons. The summed E-state index contributed by atoms with van der Waals surface area (Å²) in [6.07, 6.45) is 0. The summed E-state index contributed by atoms with van der Waals surface area (Å²) in [5, 5.41) is 25.1. The third kappa shape index (κ3) is 4.20. The van der Waals surface area contributed by atoms with Gasteiger partial charge in [-0.05, 0) is 44.4 Å². The van der Waals surface area contributed by atoms with Gasteiger partial charge in [0.25, 0.3) is 0 Å². The van der Waals surface area contributed by atoms with Crippen molar-refractivity contribution in [3.63, 3.8) is 0 Å². The summed E-state index contributed by atoms with van der Waals surface area (Å²) in [7, 11) is 0. The van der Waals surface area contributed by atoms with E-state index in [0.29, 0.717) is 5.69 Å². The number of carbonyl (C=O) groups excluding carboxylic acids is 2. The highest BCUT2D eigenvalue weighted by Crippen LogP contribution is 2.31. The predicted octanol–water partition coefficient (Wildman–Crippen LogP) is 0.644. The molecule has 12 nitrogen and oxygen atoms in total. The summed E-state index contributed by atoms with van der Waals surface area (Å²) < 4.78 is 18.4. The van der Waals surface area contributed by atoms with E-state index in [1.54, 1.807) is 5.94 Å². The molecule has 0 atom stereocenters. The maximum Gasteiger partial charge on any atom is 0.363 e. The molecule has 0 amide bonds. The van der Waals surface area contributed by atoms with Crippen LogP contribution in [0.1, 0.15) is 5.69 Å². The summed E-state index contributed by atoms with van der Waals surface area (Å²) in [6, 6.07) is 3.94. The third-order valence-corrected chi connectivity index (χ3v) is 4.23. The van der Waals surface area contributed by atoms with Crippen molar-refractivity contribution in [1.82, 2.24) is 15.6 Å². The number of aliphatic carboxylic acids is 1. The van der Waals surface area contributed by atoms with E-state index in [0.717, 1.165) is 0 Å². The number of oxime groups is 1. The van der Waals surface area contributed by atoms with E-state index < -0.39 is 17.5 Å². The monoisotopic (exact) mass is 480 g/mol. The van der Waals surface area contributed by atoms with Gasteiger partial charge in [-0.25, -0.2) is 28.3 Å². The molecule has 14 heteroatoms. The van der Waals surface area contributed by atoms with Crippen LogP contribution in [0.3, 0.4) is 0 Å². The Kier molecular flexibility index (Phi) is 6.23. The molecule has 1 aromatic heterocycles. The van der Waals surface area contributed by atoms with Crippen molar-refractivity contribution in [2.75, 3.05) is 23.3 Å². The van der Waals surface area contributed by atoms with Gasteiger partial charge in [0.2, 0.25) is 17.4 Å². The topological polar surface area (TPSA) is 159 Å². The molecule has 3 N–H and O–H groups in total. The maximum absolute atomic E-state index is 13.6. The number of benzene rings is 1. The molecular weight excluding hydrogens is 471 g/mol. The lowest BCUT2D eigenvalue weighted by molar-refractivity contribution is -0.132. The van der Waals surface area contributed by atoms with Crippen LogP contribution in [0.25, 0.3) is 0 Å². The Morgan fingerprint density at radius 2 is 2.10 bits per heavy atom. The molecule has 2 heterocycles. The van der Waals surface area contributed by atoms with Gasteiger partial charge in [-0.2, -0.15) is 0 Å². The Morgan fingerprint density at radius 1 is 1.30 bits per heavy atom. The minimum atomic E-state index is -1.44. The first-order chi connectivity index (χ1) is 14.5. The van der Waals surface area contributed by atoms with Gasteiger partial charge < -0.3 is 20.6 Å². The molecule has 0 saturated heterocycles. The Labute approximate surface area is 174 Å². The molecular formula is C16H10BrFN6O6. The van der Waals surface area contributed by atoms with E-state index in [1.807, 2.05) is 0 Å². The second kappa shape index (κ2) is 9.01. The number of carbonyl (C=O) groups is 1. The number of carboxylic acids is 1. The van der Waals surface area contributed by atoms with Crippen LogP contribution in [0.4, 0.5) is 15.9 Å². The van der Waals surface area contributed by atoms with Gasteiger partial charge in [0.1, 0.15) is 5.82 Å². The van der Waals surface area contributed by atoms with Gasteiger partial charge >= 0.3 is 11.9 Å². The van der Waals surface area contributed by atoms with Crippen molar-refractivity contribution in [1.29, 1.82) is 0 Å². The first-order valence-corrected chi connectivity index (χ1v) is 8.80. The minimum Gasteiger partial charge on any atom is -0.476 e. The summed E-state index contributed by atoms with van der Waals surface area (Å²) in [5.74, 6) is 0.658. The van der Waals surface area contributed by atoms with Crippen LogP contribution < -0.4 is 15.5 Å². The Balaban J connectivity index is 1.79. The average Bonchev–Trinajstić information content (AvgIpc) is 3.36. The number of carboxylic acid groups (broad SMARTS) is 1. The van der Waals surface area contributed by atoms with Crippen molar-refractivity contribution < 1.29 is 33.3 Å². The van der Waals surface area contributed by atoms with Crippen LogP contribution in [0.5, 0.6) is 0 Å². The Morgan fingerprint density at radius 3 is 2.77 bits per heavy atom. The Hall–Kier alpha value is -3.99. The predicted molar refractivity (Wildman–Crippen MR) is 101 cm³/mol. The molecule has 1 aliphatic rings. The average molecular weight is 481 g/mol. The second-order valence-electron chi connectivity index (χ2n) is 5.44. The Bertz CT molecular complexity index is 1120. The molecule has 0 aliphatic carbocycles. The number of amidine groups is 1. The first kappa shape index (κ1) is 20.7. The molecule has 154 valence electrons. The third-order valence-electron chi connectivity index (χ3n) is 3.62. The standard InChI is InChI=1S/C16H10BrFN6O6/c17-9-5-8(1-2-10(9)18)24-12(7-26)29-23-15(24)13-14(22-30-21-13)20-4-3-19-11(6-25)16(27)28/h1-2,5,19H,3-4H2,(H,20,22)(H,27,28). The number of aromatic nitrogens is 2. The van der Waals surface area contributed by atoms with Crippen molar-refractivity contribution in [3.05, 3.63) is 45.8 Å². The zero-order valence-corrected chi connectivity index (χ0v) is 16.3. The lowest BCUT2D eigenvalue weighted by atomic mass is 10.2. The SMILES string of the molecule is O=C=C(NCCNc1nonc1C1=NOC(=C=O)N1c1ccc(F)c(Br)c1)C(=O)O. The van der Waals surface area contributed by atoms with Gasteiger partial charge in [0.05, 0.1) is 10.2 Å². The van der Waals surface area contributed by atoms with E-state index in [4.69, 9.17) is 14.6 Å². The molecule has 1 aliphatic heterocycles. The lowest BCUT2D eigenvalue weighted by Gasteiger charge is -2.16.